The van der Waals surface area contributed by atoms with Crippen molar-refractivity contribution in [3.8, 4) is 0 Å². The molecule has 0 spiro atoms. The zero-order valence-electron chi connectivity index (χ0n) is 19.2. The molecule has 3 aromatic rings. The van der Waals surface area contributed by atoms with E-state index >= 15 is 0 Å². The molecule has 0 unspecified atom stereocenters. The molecular weight excluding hydrogens is 388 g/mol. The minimum absolute atomic E-state index is 0.598. The highest BCUT2D eigenvalue weighted by Gasteiger charge is 2.25. The quantitative estimate of drug-likeness (QED) is 0.391. The largest absolute Gasteiger partial charge is 0.338 e. The number of anilines is 4. The summed E-state index contributed by atoms with van der Waals surface area (Å²) in [6.45, 7) is 0. The van der Waals surface area contributed by atoms with E-state index in [1.807, 2.05) is 0 Å². The molecule has 0 radical (unpaired) electrons. The number of hydrogen-bond donors (Lipinski definition) is 0. The maximum atomic E-state index is 2.59. The third kappa shape index (κ3) is 4.70. The fourth-order valence-corrected chi connectivity index (χ4v) is 5.77. The highest BCUT2D eigenvalue weighted by atomic mass is 15.2. The molecule has 0 atom stereocenters. The Bertz CT molecular complexity index is 859. The van der Waals surface area contributed by atoms with E-state index in [1.165, 1.54) is 87.0 Å². The molecule has 0 bridgehead atoms. The van der Waals surface area contributed by atoms with Crippen molar-refractivity contribution >= 4 is 22.7 Å². The van der Waals surface area contributed by atoms with Crippen molar-refractivity contribution in [1.29, 1.82) is 0 Å². The molecule has 0 aliphatic heterocycles. The Morgan fingerprint density at radius 2 is 0.688 bits per heavy atom. The molecule has 0 aromatic heterocycles. The van der Waals surface area contributed by atoms with Crippen LogP contribution in [0.5, 0.6) is 0 Å². The zero-order valence-corrected chi connectivity index (χ0v) is 19.2. The summed E-state index contributed by atoms with van der Waals surface area (Å²) in [4.78, 5) is 5.19. The van der Waals surface area contributed by atoms with Crippen molar-refractivity contribution in [3.63, 3.8) is 0 Å². The normalized spacial score (nSPS) is 17.8. The molecule has 2 heteroatoms. The summed E-state index contributed by atoms with van der Waals surface area (Å²) in [5.74, 6) is 0. The van der Waals surface area contributed by atoms with Crippen LogP contribution in [-0.4, -0.2) is 12.1 Å². The molecule has 2 saturated carbocycles. The van der Waals surface area contributed by atoms with Gasteiger partial charge in [0.2, 0.25) is 0 Å². The average Bonchev–Trinajstić information content (AvgIpc) is 2.88. The van der Waals surface area contributed by atoms with Crippen molar-refractivity contribution in [2.45, 2.75) is 76.3 Å². The first kappa shape index (κ1) is 21.1. The smallest absolute Gasteiger partial charge is 0.0414 e. The second-order valence-electron chi connectivity index (χ2n) is 9.51. The van der Waals surface area contributed by atoms with Crippen LogP contribution in [0.3, 0.4) is 0 Å². The maximum absolute atomic E-state index is 2.59. The zero-order chi connectivity index (χ0) is 21.6. The van der Waals surface area contributed by atoms with Crippen LogP contribution in [0.1, 0.15) is 64.2 Å². The van der Waals surface area contributed by atoms with Crippen LogP contribution in [0, 0.1) is 0 Å². The summed E-state index contributed by atoms with van der Waals surface area (Å²) in [5.41, 5.74) is 5.28. The average molecular weight is 425 g/mol. The van der Waals surface area contributed by atoms with Gasteiger partial charge in [0, 0.05) is 34.8 Å². The molecule has 32 heavy (non-hydrogen) atoms. The first-order chi connectivity index (χ1) is 15.9. The molecule has 0 heterocycles. The molecule has 2 fully saturated rings. The fraction of sp³-hybridized carbons (Fsp3) is 0.400. The van der Waals surface area contributed by atoms with Crippen LogP contribution in [0.2, 0.25) is 0 Å². The van der Waals surface area contributed by atoms with Gasteiger partial charge in [0.15, 0.2) is 0 Å². The lowest BCUT2D eigenvalue weighted by Gasteiger charge is -2.38. The minimum atomic E-state index is 0.598. The molecular formula is C30H36N2. The first-order valence-corrected chi connectivity index (χ1v) is 12.7. The van der Waals surface area contributed by atoms with Gasteiger partial charge in [-0.3, -0.25) is 0 Å². The van der Waals surface area contributed by atoms with Gasteiger partial charge in [0.05, 0.1) is 0 Å². The number of nitrogens with zero attached hydrogens (tertiary/aromatic N) is 2. The number of rotatable bonds is 6. The van der Waals surface area contributed by atoms with Crippen LogP contribution in [-0.2, 0) is 0 Å². The van der Waals surface area contributed by atoms with Crippen LogP contribution >= 0.6 is 0 Å². The van der Waals surface area contributed by atoms with E-state index < -0.39 is 0 Å². The molecule has 2 aliphatic carbocycles. The van der Waals surface area contributed by atoms with E-state index in [0.29, 0.717) is 12.1 Å². The van der Waals surface area contributed by atoms with Gasteiger partial charge in [0.25, 0.3) is 0 Å². The van der Waals surface area contributed by atoms with Gasteiger partial charge in [0.1, 0.15) is 0 Å². The van der Waals surface area contributed by atoms with E-state index in [9.17, 15) is 0 Å². The van der Waals surface area contributed by atoms with E-state index in [0.717, 1.165) is 0 Å². The topological polar surface area (TPSA) is 6.48 Å². The lowest BCUT2D eigenvalue weighted by molar-refractivity contribution is 0.435. The molecule has 2 nitrogen and oxygen atoms in total. The van der Waals surface area contributed by atoms with E-state index in [4.69, 9.17) is 0 Å². The third-order valence-electron chi connectivity index (χ3n) is 7.35. The Balaban J connectivity index is 1.47. The first-order valence-electron chi connectivity index (χ1n) is 12.7. The summed E-state index contributed by atoms with van der Waals surface area (Å²) < 4.78 is 0. The van der Waals surface area contributed by atoms with E-state index in [1.54, 1.807) is 0 Å². The maximum Gasteiger partial charge on any atom is 0.0414 e. The summed E-state index contributed by atoms with van der Waals surface area (Å²) in [7, 11) is 0. The Kier molecular flexibility index (Phi) is 6.77. The molecule has 2 aliphatic rings. The van der Waals surface area contributed by atoms with Crippen molar-refractivity contribution in [1.82, 2.24) is 0 Å². The van der Waals surface area contributed by atoms with Crippen LogP contribution < -0.4 is 9.80 Å². The second kappa shape index (κ2) is 10.3. The van der Waals surface area contributed by atoms with Gasteiger partial charge in [-0.05, 0) is 74.2 Å². The highest BCUT2D eigenvalue weighted by Crippen LogP contribution is 2.38. The molecule has 0 N–H and O–H groups in total. The van der Waals surface area contributed by atoms with E-state index in [-0.39, 0.29) is 0 Å². The summed E-state index contributed by atoms with van der Waals surface area (Å²) in [6, 6.07) is 32.6. The second-order valence-corrected chi connectivity index (χ2v) is 9.51. The summed E-state index contributed by atoms with van der Waals surface area (Å²) in [6.07, 6.45) is 13.3. The van der Waals surface area contributed by atoms with Gasteiger partial charge in [-0.1, -0.05) is 74.9 Å². The molecule has 0 saturated heterocycles. The summed E-state index contributed by atoms with van der Waals surface area (Å²) >= 11 is 0. The van der Waals surface area contributed by atoms with Crippen molar-refractivity contribution in [3.05, 3.63) is 84.9 Å². The van der Waals surface area contributed by atoms with Crippen molar-refractivity contribution in [2.24, 2.45) is 0 Å². The molecule has 0 amide bonds. The molecule has 166 valence electrons. The number of hydrogen-bond acceptors (Lipinski definition) is 2. The van der Waals surface area contributed by atoms with Gasteiger partial charge >= 0.3 is 0 Å². The summed E-state index contributed by atoms with van der Waals surface area (Å²) in [5, 5.41) is 0. The van der Waals surface area contributed by atoms with Crippen molar-refractivity contribution in [2.75, 3.05) is 9.80 Å². The van der Waals surface area contributed by atoms with Gasteiger partial charge in [-0.15, -0.1) is 0 Å². The Morgan fingerprint density at radius 3 is 1.03 bits per heavy atom. The minimum Gasteiger partial charge on any atom is -0.338 e. The van der Waals surface area contributed by atoms with E-state index in [2.05, 4.69) is 94.7 Å². The third-order valence-corrected chi connectivity index (χ3v) is 7.35. The predicted molar refractivity (Wildman–Crippen MR) is 137 cm³/mol. The van der Waals surface area contributed by atoms with Crippen LogP contribution in [0.15, 0.2) is 84.9 Å². The Morgan fingerprint density at radius 1 is 0.375 bits per heavy atom. The monoisotopic (exact) mass is 424 g/mol. The molecule has 5 rings (SSSR count). The lowest BCUT2D eigenvalue weighted by Crippen LogP contribution is -2.34. The predicted octanol–water partition coefficient (Wildman–Crippen LogP) is 8.63. The number of benzene rings is 3. The van der Waals surface area contributed by atoms with Crippen molar-refractivity contribution < 1.29 is 0 Å². The van der Waals surface area contributed by atoms with Gasteiger partial charge in [-0.25, -0.2) is 0 Å². The highest BCUT2D eigenvalue weighted by molar-refractivity contribution is 5.70. The standard InChI is InChI=1S/C30H36N2/c1-5-13-25(14-6-1)31(26-15-7-2-8-16-26)29-21-23-30(24-22-29)32(27-17-9-3-10-18-27)28-19-11-4-12-20-28/h1,3,5-6,9-10,13-14,17-18,21-24,26,28H,2,4,7-8,11-12,15-16,19-20H2. The SMILES string of the molecule is c1ccc(N(c2ccc(N(c3ccccc3)C3CCCCC3)cc2)C2CCCCC2)cc1. The van der Waals surface area contributed by atoms with Crippen LogP contribution in [0.4, 0.5) is 22.7 Å². The fourth-order valence-electron chi connectivity index (χ4n) is 5.77. The van der Waals surface area contributed by atoms with Gasteiger partial charge < -0.3 is 9.80 Å². The number of para-hydroxylation sites is 2. The Hall–Kier alpha value is -2.74. The Labute approximate surface area is 193 Å². The van der Waals surface area contributed by atoms with Gasteiger partial charge in [-0.2, -0.15) is 0 Å². The molecule has 3 aromatic carbocycles. The lowest BCUT2D eigenvalue weighted by atomic mass is 9.92. The van der Waals surface area contributed by atoms with Crippen LogP contribution in [0.25, 0.3) is 0 Å².